The van der Waals surface area contributed by atoms with E-state index in [1.54, 1.807) is 6.26 Å². The molecule has 1 N–H and O–H groups in total. The topological polar surface area (TPSA) is 28.4 Å². The fourth-order valence-corrected chi connectivity index (χ4v) is 4.14. The van der Waals surface area contributed by atoms with E-state index in [0.29, 0.717) is 6.04 Å². The van der Waals surface area contributed by atoms with Gasteiger partial charge < -0.3 is 9.73 Å². The first kappa shape index (κ1) is 13.1. The van der Waals surface area contributed by atoms with Gasteiger partial charge in [0.15, 0.2) is 0 Å². The first-order chi connectivity index (χ1) is 10.3. The molecule has 2 saturated heterocycles. The summed E-state index contributed by atoms with van der Waals surface area (Å²) in [7, 11) is 0. The van der Waals surface area contributed by atoms with Crippen molar-refractivity contribution in [2.75, 3.05) is 19.6 Å². The van der Waals surface area contributed by atoms with Crippen LogP contribution in [-0.4, -0.2) is 30.6 Å². The van der Waals surface area contributed by atoms with E-state index in [-0.39, 0.29) is 6.04 Å². The van der Waals surface area contributed by atoms with Crippen LogP contribution in [0.15, 0.2) is 53.1 Å². The van der Waals surface area contributed by atoms with Crippen molar-refractivity contribution in [3.8, 4) is 0 Å². The predicted molar refractivity (Wildman–Crippen MR) is 83.0 cm³/mol. The molecule has 0 radical (unpaired) electrons. The minimum Gasteiger partial charge on any atom is -0.467 e. The van der Waals surface area contributed by atoms with Crippen molar-refractivity contribution < 1.29 is 4.42 Å². The average Bonchev–Trinajstić information content (AvgIpc) is 3.22. The monoisotopic (exact) mass is 282 g/mol. The first-order valence-corrected chi connectivity index (χ1v) is 7.89. The number of benzene rings is 1. The van der Waals surface area contributed by atoms with Crippen LogP contribution in [0.3, 0.4) is 0 Å². The number of nitrogens with one attached hydrogen (secondary N) is 1. The molecule has 2 aromatic rings. The molecule has 2 aliphatic heterocycles. The number of hydrogen-bond donors (Lipinski definition) is 1. The second-order valence-corrected chi connectivity index (χ2v) is 6.35. The number of fused-ring (bicyclic) bond motifs is 1. The maximum Gasteiger partial charge on any atom is 0.125 e. The Morgan fingerprint density at radius 3 is 2.71 bits per heavy atom. The summed E-state index contributed by atoms with van der Waals surface area (Å²) in [6.07, 6.45) is 1.79. The summed E-state index contributed by atoms with van der Waals surface area (Å²) in [6.45, 7) is 5.84. The molecule has 0 bridgehead atoms. The Morgan fingerprint density at radius 2 is 2.00 bits per heavy atom. The predicted octanol–water partition coefficient (Wildman–Crippen LogP) is 2.91. The molecule has 2 aliphatic rings. The van der Waals surface area contributed by atoms with Crippen LogP contribution in [0.4, 0.5) is 0 Å². The summed E-state index contributed by atoms with van der Waals surface area (Å²) in [5.41, 5.74) is 1.33. The standard InChI is InChI=1S/C18H22N2O/c1-13-16-11-19-10-15(16)12-20(13)18(17-8-5-9-21-17)14-6-3-2-4-7-14/h2-9,13,15-16,18-19H,10-12H2,1H3. The smallest absolute Gasteiger partial charge is 0.125 e. The van der Waals surface area contributed by atoms with Gasteiger partial charge in [-0.2, -0.15) is 0 Å². The lowest BCUT2D eigenvalue weighted by Crippen LogP contribution is -2.36. The maximum atomic E-state index is 5.78. The highest BCUT2D eigenvalue weighted by Gasteiger charge is 2.45. The quantitative estimate of drug-likeness (QED) is 0.938. The lowest BCUT2D eigenvalue weighted by atomic mass is 9.95. The maximum absolute atomic E-state index is 5.78. The van der Waals surface area contributed by atoms with Gasteiger partial charge in [0.25, 0.3) is 0 Å². The Kier molecular flexibility index (Phi) is 3.32. The molecular weight excluding hydrogens is 260 g/mol. The lowest BCUT2D eigenvalue weighted by molar-refractivity contribution is 0.177. The third-order valence-corrected chi connectivity index (χ3v) is 5.24. The van der Waals surface area contributed by atoms with Crippen molar-refractivity contribution in [1.29, 1.82) is 0 Å². The number of likely N-dealkylation sites (tertiary alicyclic amines) is 1. The van der Waals surface area contributed by atoms with Gasteiger partial charge >= 0.3 is 0 Å². The van der Waals surface area contributed by atoms with Gasteiger partial charge in [0.2, 0.25) is 0 Å². The van der Waals surface area contributed by atoms with Crippen molar-refractivity contribution in [1.82, 2.24) is 10.2 Å². The van der Waals surface area contributed by atoms with E-state index >= 15 is 0 Å². The van der Waals surface area contributed by atoms with Crippen LogP contribution in [0.25, 0.3) is 0 Å². The van der Waals surface area contributed by atoms with Crippen LogP contribution in [0.1, 0.15) is 24.3 Å². The third-order valence-electron chi connectivity index (χ3n) is 5.24. The van der Waals surface area contributed by atoms with Crippen molar-refractivity contribution in [2.45, 2.75) is 19.0 Å². The van der Waals surface area contributed by atoms with E-state index < -0.39 is 0 Å². The molecule has 3 nitrogen and oxygen atoms in total. The third kappa shape index (κ3) is 2.21. The summed E-state index contributed by atoms with van der Waals surface area (Å²) in [6, 6.07) is 15.7. The molecule has 0 amide bonds. The molecule has 3 heterocycles. The molecule has 0 aliphatic carbocycles. The molecule has 4 rings (SSSR count). The molecule has 21 heavy (non-hydrogen) atoms. The second-order valence-electron chi connectivity index (χ2n) is 6.35. The van der Waals surface area contributed by atoms with E-state index in [9.17, 15) is 0 Å². The van der Waals surface area contributed by atoms with Crippen LogP contribution >= 0.6 is 0 Å². The van der Waals surface area contributed by atoms with Crippen molar-refractivity contribution in [3.63, 3.8) is 0 Å². The van der Waals surface area contributed by atoms with Crippen molar-refractivity contribution in [3.05, 3.63) is 60.1 Å². The van der Waals surface area contributed by atoms with E-state index in [0.717, 1.165) is 37.2 Å². The van der Waals surface area contributed by atoms with E-state index in [1.165, 1.54) is 5.56 Å². The highest BCUT2D eigenvalue weighted by molar-refractivity contribution is 5.27. The van der Waals surface area contributed by atoms with Crippen molar-refractivity contribution in [2.24, 2.45) is 11.8 Å². The molecular formula is C18H22N2O. The minimum atomic E-state index is 0.238. The van der Waals surface area contributed by atoms with Gasteiger partial charge in [0.05, 0.1) is 12.3 Å². The normalized spacial score (nSPS) is 30.4. The summed E-state index contributed by atoms with van der Waals surface area (Å²) in [4.78, 5) is 2.63. The Bertz CT molecular complexity index is 581. The van der Waals surface area contributed by atoms with Gasteiger partial charge in [-0.15, -0.1) is 0 Å². The fraction of sp³-hybridized carbons (Fsp3) is 0.444. The Labute approximate surface area is 126 Å². The fourth-order valence-electron chi connectivity index (χ4n) is 4.14. The lowest BCUT2D eigenvalue weighted by Gasteiger charge is -2.32. The van der Waals surface area contributed by atoms with Crippen LogP contribution < -0.4 is 5.32 Å². The van der Waals surface area contributed by atoms with Gasteiger partial charge in [-0.1, -0.05) is 30.3 Å². The zero-order chi connectivity index (χ0) is 14.2. The SMILES string of the molecule is CC1C2CNCC2CN1C(c1ccccc1)c1ccco1. The summed E-state index contributed by atoms with van der Waals surface area (Å²) in [5, 5.41) is 3.54. The van der Waals surface area contributed by atoms with Crippen molar-refractivity contribution >= 4 is 0 Å². The van der Waals surface area contributed by atoms with Crippen LogP contribution in [0.2, 0.25) is 0 Å². The number of rotatable bonds is 3. The van der Waals surface area contributed by atoms with Gasteiger partial charge in [-0.3, -0.25) is 4.90 Å². The van der Waals surface area contributed by atoms with Crippen LogP contribution in [-0.2, 0) is 0 Å². The Hall–Kier alpha value is -1.58. The average molecular weight is 282 g/mol. The zero-order valence-corrected chi connectivity index (χ0v) is 12.4. The van der Waals surface area contributed by atoms with E-state index in [2.05, 4.69) is 53.5 Å². The summed E-state index contributed by atoms with van der Waals surface area (Å²) >= 11 is 0. The molecule has 4 unspecified atom stereocenters. The summed E-state index contributed by atoms with van der Waals surface area (Å²) in [5.74, 6) is 2.60. The molecule has 1 aromatic heterocycles. The molecule has 0 saturated carbocycles. The zero-order valence-electron chi connectivity index (χ0n) is 12.4. The van der Waals surface area contributed by atoms with Gasteiger partial charge in [-0.05, 0) is 49.5 Å². The van der Waals surface area contributed by atoms with E-state index in [1.807, 2.05) is 6.07 Å². The Morgan fingerprint density at radius 1 is 1.14 bits per heavy atom. The van der Waals surface area contributed by atoms with Crippen LogP contribution in [0.5, 0.6) is 0 Å². The minimum absolute atomic E-state index is 0.238. The number of furan rings is 1. The highest BCUT2D eigenvalue weighted by Crippen LogP contribution is 2.40. The largest absolute Gasteiger partial charge is 0.467 e. The molecule has 3 heteroatoms. The molecule has 4 atom stereocenters. The van der Waals surface area contributed by atoms with Gasteiger partial charge in [0, 0.05) is 12.6 Å². The molecule has 1 aromatic carbocycles. The molecule has 2 fully saturated rings. The summed E-state index contributed by atoms with van der Waals surface area (Å²) < 4.78 is 5.78. The van der Waals surface area contributed by atoms with Gasteiger partial charge in [-0.25, -0.2) is 0 Å². The number of nitrogens with zero attached hydrogens (tertiary/aromatic N) is 1. The van der Waals surface area contributed by atoms with Gasteiger partial charge in [0.1, 0.15) is 5.76 Å². The highest BCUT2D eigenvalue weighted by atomic mass is 16.3. The van der Waals surface area contributed by atoms with Crippen LogP contribution in [0, 0.1) is 11.8 Å². The molecule has 0 spiro atoms. The second kappa shape index (κ2) is 5.32. The van der Waals surface area contributed by atoms with E-state index in [4.69, 9.17) is 4.42 Å². The number of hydrogen-bond acceptors (Lipinski definition) is 3. The Balaban J connectivity index is 1.71. The molecule has 110 valence electrons. The first-order valence-electron chi connectivity index (χ1n) is 7.89.